The minimum Gasteiger partial charge on any atom is -0.354 e. The summed E-state index contributed by atoms with van der Waals surface area (Å²) in [6.07, 6.45) is 8.57. The molecule has 1 aromatic heterocycles. The van der Waals surface area contributed by atoms with Crippen molar-refractivity contribution in [3.05, 3.63) is 52.8 Å². The fourth-order valence-corrected chi connectivity index (χ4v) is 6.58. The molecule has 4 aliphatic carbocycles. The van der Waals surface area contributed by atoms with Crippen LogP contribution in [0.2, 0.25) is 0 Å². The number of nitrogens with one attached hydrogen (secondary N) is 1. The van der Waals surface area contributed by atoms with E-state index >= 15 is 0 Å². The maximum Gasteiger partial charge on any atom is 0.266 e. The van der Waals surface area contributed by atoms with E-state index in [1.165, 1.54) is 43.2 Å². The van der Waals surface area contributed by atoms with Crippen LogP contribution in [-0.4, -0.2) is 22.2 Å². The van der Waals surface area contributed by atoms with E-state index in [9.17, 15) is 9.59 Å². The predicted octanol–water partition coefficient (Wildman–Crippen LogP) is 3.63. The lowest BCUT2D eigenvalue weighted by Gasteiger charge is -2.56. The molecule has 1 N–H and O–H groups in total. The molecule has 29 heavy (non-hydrogen) atoms. The summed E-state index contributed by atoms with van der Waals surface area (Å²) in [6, 6.07) is 13.1. The van der Waals surface area contributed by atoms with Crippen molar-refractivity contribution in [3.63, 3.8) is 0 Å². The summed E-state index contributed by atoms with van der Waals surface area (Å²) in [4.78, 5) is 24.8. The number of aromatic nitrogens is 2. The predicted molar refractivity (Wildman–Crippen MR) is 112 cm³/mol. The van der Waals surface area contributed by atoms with Crippen LogP contribution in [0.4, 0.5) is 0 Å². The highest BCUT2D eigenvalue weighted by atomic mass is 16.1. The molecule has 0 atom stereocenters. The van der Waals surface area contributed by atoms with Gasteiger partial charge in [0.15, 0.2) is 0 Å². The van der Waals surface area contributed by atoms with Crippen LogP contribution in [0.5, 0.6) is 0 Å². The molecule has 0 aliphatic heterocycles. The number of amides is 1. The number of carbonyl (C=O) groups is 1. The van der Waals surface area contributed by atoms with Gasteiger partial charge >= 0.3 is 0 Å². The van der Waals surface area contributed by atoms with E-state index in [0.29, 0.717) is 19.5 Å². The highest BCUT2D eigenvalue weighted by Gasteiger charge is 2.51. The van der Waals surface area contributed by atoms with Gasteiger partial charge in [-0.1, -0.05) is 30.3 Å². The van der Waals surface area contributed by atoms with Crippen LogP contribution in [0.25, 0.3) is 11.3 Å². The van der Waals surface area contributed by atoms with Gasteiger partial charge in [-0.3, -0.25) is 9.59 Å². The molecule has 1 aromatic carbocycles. The van der Waals surface area contributed by atoms with E-state index in [0.717, 1.165) is 29.0 Å². The van der Waals surface area contributed by atoms with Gasteiger partial charge in [0.05, 0.1) is 12.2 Å². The summed E-state index contributed by atoms with van der Waals surface area (Å²) in [5.74, 6) is 2.71. The van der Waals surface area contributed by atoms with Gasteiger partial charge in [-0.15, -0.1) is 0 Å². The second kappa shape index (κ2) is 7.43. The number of rotatable bonds is 6. The summed E-state index contributed by atoms with van der Waals surface area (Å²) in [6.45, 7) is 0.836. The third-order valence-corrected chi connectivity index (χ3v) is 7.28. The van der Waals surface area contributed by atoms with Crippen LogP contribution >= 0.6 is 0 Å². The highest BCUT2D eigenvalue weighted by Crippen LogP contribution is 2.61. The summed E-state index contributed by atoms with van der Waals surface area (Å²) in [5, 5.41) is 7.53. The van der Waals surface area contributed by atoms with Crippen LogP contribution in [0.3, 0.4) is 0 Å². The first kappa shape index (κ1) is 18.6. The molecule has 5 heteroatoms. The van der Waals surface area contributed by atoms with Gasteiger partial charge in [-0.05, 0) is 67.8 Å². The number of hydrogen-bond donors (Lipinski definition) is 1. The normalized spacial score (nSPS) is 29.7. The lowest BCUT2D eigenvalue weighted by Crippen LogP contribution is -2.48. The third-order valence-electron chi connectivity index (χ3n) is 7.28. The second-order valence-electron chi connectivity index (χ2n) is 9.59. The molecule has 6 rings (SSSR count). The largest absolute Gasteiger partial charge is 0.354 e. The van der Waals surface area contributed by atoms with Crippen molar-refractivity contribution in [3.8, 4) is 11.3 Å². The van der Waals surface area contributed by atoms with Crippen molar-refractivity contribution in [1.82, 2.24) is 15.1 Å². The van der Waals surface area contributed by atoms with Crippen LogP contribution < -0.4 is 10.9 Å². The minimum atomic E-state index is -0.139. The Hall–Kier alpha value is -2.43. The molecule has 5 nitrogen and oxygen atoms in total. The molecule has 4 saturated carbocycles. The van der Waals surface area contributed by atoms with Crippen molar-refractivity contribution < 1.29 is 4.79 Å². The SMILES string of the molecule is O=C(CC12CC3CC(CC(C3)C1)C2)NCCn1nc(-c2ccccc2)ccc1=O. The Morgan fingerprint density at radius 3 is 2.31 bits per heavy atom. The number of carbonyl (C=O) groups excluding carboxylic acids is 1. The molecule has 1 heterocycles. The molecule has 4 fully saturated rings. The molecule has 2 aromatic rings. The summed E-state index contributed by atoms with van der Waals surface area (Å²) >= 11 is 0. The van der Waals surface area contributed by atoms with Gasteiger partial charge in [-0.25, -0.2) is 4.68 Å². The molecule has 4 aliphatic rings. The molecule has 0 unspecified atom stereocenters. The summed E-state index contributed by atoms with van der Waals surface area (Å²) < 4.78 is 1.45. The maximum absolute atomic E-state index is 12.7. The topological polar surface area (TPSA) is 64.0 Å². The van der Waals surface area contributed by atoms with Crippen LogP contribution in [0.15, 0.2) is 47.3 Å². The van der Waals surface area contributed by atoms with Crippen molar-refractivity contribution >= 4 is 5.91 Å². The smallest absolute Gasteiger partial charge is 0.266 e. The molecule has 1 amide bonds. The third kappa shape index (κ3) is 3.87. The maximum atomic E-state index is 12.7. The Kier molecular flexibility index (Phi) is 4.76. The molecule has 0 radical (unpaired) electrons. The fourth-order valence-electron chi connectivity index (χ4n) is 6.58. The van der Waals surface area contributed by atoms with E-state index in [4.69, 9.17) is 0 Å². The molecule has 152 valence electrons. The van der Waals surface area contributed by atoms with Gasteiger partial charge in [-0.2, -0.15) is 5.10 Å². The fraction of sp³-hybridized carbons (Fsp3) is 0.542. The lowest BCUT2D eigenvalue weighted by molar-refractivity contribution is -0.129. The van der Waals surface area contributed by atoms with E-state index in [2.05, 4.69) is 10.4 Å². The highest BCUT2D eigenvalue weighted by molar-refractivity contribution is 5.76. The van der Waals surface area contributed by atoms with E-state index < -0.39 is 0 Å². The Labute approximate surface area is 171 Å². The first-order valence-electron chi connectivity index (χ1n) is 11.0. The number of nitrogens with zero attached hydrogens (tertiary/aromatic N) is 2. The second-order valence-corrected chi connectivity index (χ2v) is 9.59. The van der Waals surface area contributed by atoms with Gasteiger partial charge in [0, 0.05) is 24.6 Å². The Morgan fingerprint density at radius 1 is 1.00 bits per heavy atom. The molecular formula is C24H29N3O2. The van der Waals surface area contributed by atoms with Crippen LogP contribution in [-0.2, 0) is 11.3 Å². The van der Waals surface area contributed by atoms with Crippen LogP contribution in [0.1, 0.15) is 44.9 Å². The average Bonchev–Trinajstić information content (AvgIpc) is 2.68. The number of benzene rings is 1. The first-order chi connectivity index (χ1) is 14.1. The van der Waals surface area contributed by atoms with Gasteiger partial charge in [0.2, 0.25) is 5.91 Å². The average molecular weight is 392 g/mol. The van der Waals surface area contributed by atoms with Crippen molar-refractivity contribution in [2.75, 3.05) is 6.54 Å². The zero-order valence-corrected chi connectivity index (χ0v) is 16.8. The lowest BCUT2D eigenvalue weighted by atomic mass is 9.49. The molecule has 0 spiro atoms. The van der Waals surface area contributed by atoms with E-state index in [-0.39, 0.29) is 16.9 Å². The van der Waals surface area contributed by atoms with Gasteiger partial charge in [0.1, 0.15) is 0 Å². The van der Waals surface area contributed by atoms with Crippen molar-refractivity contribution in [2.45, 2.75) is 51.5 Å². The Balaban J connectivity index is 1.19. The minimum absolute atomic E-state index is 0.138. The Morgan fingerprint density at radius 2 is 1.66 bits per heavy atom. The van der Waals surface area contributed by atoms with Crippen molar-refractivity contribution in [1.29, 1.82) is 0 Å². The molecular weight excluding hydrogens is 362 g/mol. The van der Waals surface area contributed by atoms with E-state index in [1.807, 2.05) is 30.3 Å². The van der Waals surface area contributed by atoms with Gasteiger partial charge in [0.25, 0.3) is 5.56 Å². The summed E-state index contributed by atoms with van der Waals surface area (Å²) in [7, 11) is 0. The number of hydrogen-bond acceptors (Lipinski definition) is 3. The molecule has 0 saturated heterocycles. The van der Waals surface area contributed by atoms with Crippen molar-refractivity contribution in [2.24, 2.45) is 23.2 Å². The quantitative estimate of drug-likeness (QED) is 0.818. The summed E-state index contributed by atoms with van der Waals surface area (Å²) in [5.41, 5.74) is 1.86. The monoisotopic (exact) mass is 391 g/mol. The zero-order valence-electron chi connectivity index (χ0n) is 16.8. The Bertz CT molecular complexity index is 915. The molecule has 4 bridgehead atoms. The van der Waals surface area contributed by atoms with E-state index in [1.54, 1.807) is 12.1 Å². The zero-order chi connectivity index (χ0) is 19.8. The first-order valence-corrected chi connectivity index (χ1v) is 11.0. The van der Waals surface area contributed by atoms with Crippen LogP contribution in [0, 0.1) is 23.2 Å². The van der Waals surface area contributed by atoms with Gasteiger partial charge < -0.3 is 5.32 Å². The standard InChI is InChI=1S/C24H29N3O2/c28-22(16-24-13-17-10-18(14-24)12-19(11-17)15-24)25-8-9-27-23(29)7-6-21(26-27)20-4-2-1-3-5-20/h1-7,17-19H,8-16H2,(H,25,28).